The molecule has 0 saturated carbocycles. The molecule has 2 aromatic carbocycles. The average Bonchev–Trinajstić information content (AvgIpc) is 2.90. The number of H-pyrrole nitrogens is 1. The zero-order valence-corrected chi connectivity index (χ0v) is 13.6. The highest BCUT2D eigenvalue weighted by Gasteiger charge is 2.17. The summed E-state index contributed by atoms with van der Waals surface area (Å²) >= 11 is 0. The van der Waals surface area contributed by atoms with Crippen molar-refractivity contribution in [3.05, 3.63) is 53.5 Å². The van der Waals surface area contributed by atoms with Crippen molar-refractivity contribution in [2.45, 2.75) is 6.92 Å². The standard InChI is InChI=1S/C18H17FN2O3/c1-10-13-6-4-11(19)8-14(13)20-17(10)18(22)21-15-9-12(23-2)5-7-16(15)24-3/h4-9,20H,1-3H3,(H,21,22). The summed E-state index contributed by atoms with van der Waals surface area (Å²) in [5.74, 6) is 0.423. The van der Waals surface area contributed by atoms with E-state index in [0.29, 0.717) is 28.4 Å². The Morgan fingerprint density at radius 3 is 2.62 bits per heavy atom. The summed E-state index contributed by atoms with van der Waals surface area (Å²) < 4.78 is 23.8. The molecule has 124 valence electrons. The third-order valence-corrected chi connectivity index (χ3v) is 3.90. The van der Waals surface area contributed by atoms with Gasteiger partial charge < -0.3 is 19.8 Å². The van der Waals surface area contributed by atoms with Crippen molar-refractivity contribution >= 4 is 22.5 Å². The molecular weight excluding hydrogens is 311 g/mol. The molecule has 0 aliphatic carbocycles. The van der Waals surface area contributed by atoms with Gasteiger partial charge >= 0.3 is 0 Å². The molecule has 0 bridgehead atoms. The number of benzene rings is 2. The summed E-state index contributed by atoms with van der Waals surface area (Å²) in [6.07, 6.45) is 0. The maximum Gasteiger partial charge on any atom is 0.272 e. The zero-order chi connectivity index (χ0) is 17.3. The highest BCUT2D eigenvalue weighted by molar-refractivity contribution is 6.08. The van der Waals surface area contributed by atoms with Gasteiger partial charge in [0, 0.05) is 17.0 Å². The quantitative estimate of drug-likeness (QED) is 0.764. The Kier molecular flexibility index (Phi) is 4.12. The van der Waals surface area contributed by atoms with Crippen LogP contribution in [0.3, 0.4) is 0 Å². The van der Waals surface area contributed by atoms with Gasteiger partial charge in [0.1, 0.15) is 23.0 Å². The predicted molar refractivity (Wildman–Crippen MR) is 90.5 cm³/mol. The lowest BCUT2D eigenvalue weighted by molar-refractivity contribution is 0.102. The number of anilines is 1. The number of hydrogen-bond acceptors (Lipinski definition) is 3. The lowest BCUT2D eigenvalue weighted by Crippen LogP contribution is -2.14. The Labute approximate surface area is 138 Å². The summed E-state index contributed by atoms with van der Waals surface area (Å²) in [6, 6.07) is 9.52. The van der Waals surface area contributed by atoms with Crippen molar-refractivity contribution < 1.29 is 18.7 Å². The second-order valence-electron chi connectivity index (χ2n) is 5.34. The molecule has 0 atom stereocenters. The molecule has 1 aromatic heterocycles. The topological polar surface area (TPSA) is 63.4 Å². The van der Waals surface area contributed by atoms with E-state index in [1.807, 2.05) is 6.92 Å². The van der Waals surface area contributed by atoms with Gasteiger partial charge in [-0.3, -0.25) is 4.79 Å². The van der Waals surface area contributed by atoms with E-state index < -0.39 is 0 Å². The SMILES string of the molecule is COc1ccc(OC)c(NC(=O)c2[nH]c3cc(F)ccc3c2C)c1. The smallest absolute Gasteiger partial charge is 0.272 e. The van der Waals surface area contributed by atoms with Crippen LogP contribution in [0.15, 0.2) is 36.4 Å². The van der Waals surface area contributed by atoms with Gasteiger partial charge in [-0.05, 0) is 42.8 Å². The third-order valence-electron chi connectivity index (χ3n) is 3.90. The van der Waals surface area contributed by atoms with Crippen LogP contribution >= 0.6 is 0 Å². The van der Waals surface area contributed by atoms with Gasteiger partial charge in [-0.25, -0.2) is 4.39 Å². The highest BCUT2D eigenvalue weighted by Crippen LogP contribution is 2.30. The number of carbonyl (C=O) groups excluding carboxylic acids is 1. The first kappa shape index (κ1) is 15.9. The number of amides is 1. The first-order chi connectivity index (χ1) is 11.5. The van der Waals surface area contributed by atoms with Gasteiger partial charge in [-0.15, -0.1) is 0 Å². The number of aromatic amines is 1. The number of nitrogens with one attached hydrogen (secondary N) is 2. The van der Waals surface area contributed by atoms with Crippen LogP contribution in [0, 0.1) is 12.7 Å². The maximum atomic E-state index is 13.4. The number of aryl methyl sites for hydroxylation is 1. The van der Waals surface area contributed by atoms with Gasteiger partial charge in [0.05, 0.1) is 19.9 Å². The van der Waals surface area contributed by atoms with Crippen LogP contribution in [0.2, 0.25) is 0 Å². The predicted octanol–water partition coefficient (Wildman–Crippen LogP) is 3.88. The summed E-state index contributed by atoms with van der Waals surface area (Å²) in [7, 11) is 3.07. The molecule has 0 unspecified atom stereocenters. The molecule has 1 heterocycles. The molecule has 0 saturated heterocycles. The lowest BCUT2D eigenvalue weighted by Gasteiger charge is -2.11. The molecule has 0 aliphatic rings. The molecule has 3 rings (SSSR count). The van der Waals surface area contributed by atoms with E-state index in [9.17, 15) is 9.18 Å². The number of halogens is 1. The Balaban J connectivity index is 1.97. The lowest BCUT2D eigenvalue weighted by atomic mass is 10.1. The van der Waals surface area contributed by atoms with Crippen LogP contribution < -0.4 is 14.8 Å². The number of fused-ring (bicyclic) bond motifs is 1. The van der Waals surface area contributed by atoms with E-state index in [-0.39, 0.29) is 11.7 Å². The molecule has 0 radical (unpaired) electrons. The Morgan fingerprint density at radius 1 is 1.12 bits per heavy atom. The van der Waals surface area contributed by atoms with Crippen molar-refractivity contribution in [1.29, 1.82) is 0 Å². The second-order valence-corrected chi connectivity index (χ2v) is 5.34. The summed E-state index contributed by atoms with van der Waals surface area (Å²) in [4.78, 5) is 15.6. The van der Waals surface area contributed by atoms with E-state index in [0.717, 1.165) is 10.9 Å². The van der Waals surface area contributed by atoms with Crippen LogP contribution in [0.5, 0.6) is 11.5 Å². The number of methoxy groups -OCH3 is 2. The van der Waals surface area contributed by atoms with Gasteiger partial charge in [0.15, 0.2) is 0 Å². The maximum absolute atomic E-state index is 13.4. The molecule has 6 heteroatoms. The molecule has 24 heavy (non-hydrogen) atoms. The summed E-state index contributed by atoms with van der Waals surface area (Å²) in [5.41, 5.74) is 2.20. The van der Waals surface area contributed by atoms with Gasteiger partial charge in [-0.1, -0.05) is 0 Å². The number of carbonyl (C=O) groups is 1. The normalized spacial score (nSPS) is 10.7. The Bertz CT molecular complexity index is 918. The van der Waals surface area contributed by atoms with E-state index >= 15 is 0 Å². The van der Waals surface area contributed by atoms with Gasteiger partial charge in [-0.2, -0.15) is 0 Å². The molecule has 3 aromatic rings. The van der Waals surface area contributed by atoms with Crippen LogP contribution in [-0.2, 0) is 0 Å². The van der Waals surface area contributed by atoms with Crippen molar-refractivity contribution in [1.82, 2.24) is 4.98 Å². The van der Waals surface area contributed by atoms with Crippen molar-refractivity contribution in [3.63, 3.8) is 0 Å². The van der Waals surface area contributed by atoms with E-state index in [2.05, 4.69) is 10.3 Å². The molecule has 1 amide bonds. The minimum atomic E-state index is -0.356. The van der Waals surface area contributed by atoms with E-state index in [1.54, 1.807) is 31.4 Å². The second kappa shape index (κ2) is 6.23. The fourth-order valence-corrected chi connectivity index (χ4v) is 2.63. The fraction of sp³-hybridized carbons (Fsp3) is 0.167. The number of aromatic nitrogens is 1. The fourth-order valence-electron chi connectivity index (χ4n) is 2.63. The van der Waals surface area contributed by atoms with E-state index in [4.69, 9.17) is 9.47 Å². The molecule has 0 aliphatic heterocycles. The zero-order valence-electron chi connectivity index (χ0n) is 13.6. The van der Waals surface area contributed by atoms with Gasteiger partial charge in [0.25, 0.3) is 5.91 Å². The first-order valence-corrected chi connectivity index (χ1v) is 7.34. The van der Waals surface area contributed by atoms with Crippen molar-refractivity contribution in [3.8, 4) is 11.5 Å². The van der Waals surface area contributed by atoms with Crippen LogP contribution in [0.25, 0.3) is 10.9 Å². The Hall–Kier alpha value is -3.02. The number of hydrogen-bond donors (Lipinski definition) is 2. The van der Waals surface area contributed by atoms with Crippen LogP contribution in [0.4, 0.5) is 10.1 Å². The van der Waals surface area contributed by atoms with Crippen LogP contribution in [-0.4, -0.2) is 25.1 Å². The molecule has 0 spiro atoms. The Morgan fingerprint density at radius 2 is 1.92 bits per heavy atom. The van der Waals surface area contributed by atoms with Crippen molar-refractivity contribution in [2.24, 2.45) is 0 Å². The largest absolute Gasteiger partial charge is 0.497 e. The van der Waals surface area contributed by atoms with Crippen LogP contribution in [0.1, 0.15) is 16.1 Å². The molecule has 0 fully saturated rings. The minimum Gasteiger partial charge on any atom is -0.497 e. The number of ether oxygens (including phenoxy) is 2. The molecule has 2 N–H and O–H groups in total. The number of rotatable bonds is 4. The monoisotopic (exact) mass is 328 g/mol. The average molecular weight is 328 g/mol. The summed E-state index contributed by atoms with van der Waals surface area (Å²) in [5, 5.41) is 3.60. The highest BCUT2D eigenvalue weighted by atomic mass is 19.1. The molecular formula is C18H17FN2O3. The van der Waals surface area contributed by atoms with E-state index in [1.165, 1.54) is 19.2 Å². The van der Waals surface area contributed by atoms with Crippen molar-refractivity contribution in [2.75, 3.05) is 19.5 Å². The summed E-state index contributed by atoms with van der Waals surface area (Å²) in [6.45, 7) is 1.81. The first-order valence-electron chi connectivity index (χ1n) is 7.34. The van der Waals surface area contributed by atoms with Gasteiger partial charge in [0.2, 0.25) is 0 Å². The molecule has 5 nitrogen and oxygen atoms in total. The third kappa shape index (κ3) is 2.78. The minimum absolute atomic E-state index is 0.337.